The molecule has 1 amide bonds. The average Bonchev–Trinajstić information content (AvgIpc) is 2.71. The Balaban J connectivity index is 1.35. The van der Waals surface area contributed by atoms with E-state index in [0.29, 0.717) is 5.75 Å². The smallest absolute Gasteiger partial charge is 0.230 e. The molecular formula is C22H20N2OS2. The number of nitrogens with zero attached hydrogens (tertiary/aromatic N) is 1. The maximum absolute atomic E-state index is 12.4. The normalized spacial score (nSPS) is 14.3. The van der Waals surface area contributed by atoms with Crippen molar-refractivity contribution in [1.29, 1.82) is 0 Å². The van der Waals surface area contributed by atoms with Crippen LogP contribution in [0.25, 0.3) is 10.8 Å². The molecule has 0 fully saturated rings. The Morgan fingerprint density at radius 1 is 1.11 bits per heavy atom. The molecule has 1 N–H and O–H groups in total. The summed E-state index contributed by atoms with van der Waals surface area (Å²) in [5.41, 5.74) is 3.38. The quantitative estimate of drug-likeness (QED) is 0.620. The summed E-state index contributed by atoms with van der Waals surface area (Å²) in [5, 5.41) is 5.50. The lowest BCUT2D eigenvalue weighted by atomic mass is 10.0. The highest BCUT2D eigenvalue weighted by atomic mass is 32.2. The van der Waals surface area contributed by atoms with Gasteiger partial charge in [-0.3, -0.25) is 4.79 Å². The van der Waals surface area contributed by atoms with E-state index in [0.717, 1.165) is 21.4 Å². The summed E-state index contributed by atoms with van der Waals surface area (Å²) in [4.78, 5) is 17.0. The van der Waals surface area contributed by atoms with Crippen molar-refractivity contribution in [3.63, 3.8) is 0 Å². The Bertz CT molecular complexity index is 1020. The van der Waals surface area contributed by atoms with Gasteiger partial charge < -0.3 is 5.32 Å². The Hall–Kier alpha value is -2.24. The second-order valence-corrected chi connectivity index (χ2v) is 8.67. The van der Waals surface area contributed by atoms with Crippen LogP contribution >= 0.6 is 23.5 Å². The second-order valence-electron chi connectivity index (χ2n) is 6.48. The van der Waals surface area contributed by atoms with Gasteiger partial charge >= 0.3 is 0 Å². The van der Waals surface area contributed by atoms with Gasteiger partial charge in [-0.1, -0.05) is 78.1 Å². The molecule has 4 rings (SSSR count). The van der Waals surface area contributed by atoms with Gasteiger partial charge in [-0.25, -0.2) is 4.99 Å². The number of fused-ring (bicyclic) bond motifs is 2. The van der Waals surface area contributed by atoms with Crippen LogP contribution in [0.15, 0.2) is 71.7 Å². The number of nitrogens with one attached hydrogen (secondary N) is 1. The van der Waals surface area contributed by atoms with Crippen molar-refractivity contribution in [3.8, 4) is 0 Å². The van der Waals surface area contributed by atoms with Crippen molar-refractivity contribution in [2.75, 3.05) is 5.75 Å². The van der Waals surface area contributed by atoms with Crippen molar-refractivity contribution < 1.29 is 4.79 Å². The maximum atomic E-state index is 12.4. The zero-order valence-electron chi connectivity index (χ0n) is 15.0. The van der Waals surface area contributed by atoms with E-state index in [9.17, 15) is 4.79 Å². The fourth-order valence-electron chi connectivity index (χ4n) is 3.06. The van der Waals surface area contributed by atoms with Gasteiger partial charge in [-0.15, -0.1) is 0 Å². The molecular weight excluding hydrogens is 372 g/mol. The number of amides is 1. The van der Waals surface area contributed by atoms with Gasteiger partial charge in [0.1, 0.15) is 4.38 Å². The lowest BCUT2D eigenvalue weighted by Gasteiger charge is -2.16. The van der Waals surface area contributed by atoms with Crippen LogP contribution in [0.5, 0.6) is 0 Å². The van der Waals surface area contributed by atoms with Gasteiger partial charge in [0.15, 0.2) is 0 Å². The molecule has 3 nitrogen and oxygen atoms in total. The van der Waals surface area contributed by atoms with E-state index in [1.54, 1.807) is 11.8 Å². The van der Waals surface area contributed by atoms with Crippen LogP contribution in [0.3, 0.4) is 0 Å². The van der Waals surface area contributed by atoms with Crippen LogP contribution in [-0.4, -0.2) is 16.0 Å². The van der Waals surface area contributed by atoms with Gasteiger partial charge in [-0.2, -0.15) is 0 Å². The molecule has 136 valence electrons. The Morgan fingerprint density at radius 2 is 1.89 bits per heavy atom. The monoisotopic (exact) mass is 392 g/mol. The standard InChI is InChI=1S/C22H20N2OS2/c1-15(17-11-10-16-6-2-3-7-18(16)12-17)23-21(25)14-27-22-24-20-9-5-4-8-19(20)13-26-22/h2-12,15H,13-14H2,1H3,(H,23,25). The summed E-state index contributed by atoms with van der Waals surface area (Å²) in [6.45, 7) is 2.02. The van der Waals surface area contributed by atoms with E-state index in [2.05, 4.69) is 46.7 Å². The van der Waals surface area contributed by atoms with Crippen LogP contribution in [0.1, 0.15) is 24.1 Å². The SMILES string of the molecule is CC(NC(=O)CSC1=Nc2ccccc2CS1)c1ccc2ccccc2c1. The third kappa shape index (κ3) is 4.37. The van der Waals surface area contributed by atoms with E-state index in [-0.39, 0.29) is 11.9 Å². The summed E-state index contributed by atoms with van der Waals surface area (Å²) in [7, 11) is 0. The number of thioether (sulfide) groups is 2. The highest BCUT2D eigenvalue weighted by Gasteiger charge is 2.15. The molecule has 0 aromatic heterocycles. The number of benzene rings is 3. The summed E-state index contributed by atoms with van der Waals surface area (Å²) < 4.78 is 0.960. The van der Waals surface area contributed by atoms with E-state index in [1.807, 2.05) is 37.3 Å². The zero-order valence-corrected chi connectivity index (χ0v) is 16.6. The Kier molecular flexibility index (Phi) is 5.50. The van der Waals surface area contributed by atoms with Crippen molar-refractivity contribution in [1.82, 2.24) is 5.32 Å². The molecule has 0 saturated heterocycles. The fourth-order valence-corrected chi connectivity index (χ4v) is 4.93. The van der Waals surface area contributed by atoms with Crippen LogP contribution < -0.4 is 5.32 Å². The highest BCUT2D eigenvalue weighted by Crippen LogP contribution is 2.34. The van der Waals surface area contributed by atoms with Crippen LogP contribution in [0, 0.1) is 0 Å². The highest BCUT2D eigenvalue weighted by molar-refractivity contribution is 8.38. The molecule has 27 heavy (non-hydrogen) atoms. The summed E-state index contributed by atoms with van der Waals surface area (Å²) in [5.74, 6) is 1.33. The second kappa shape index (κ2) is 8.19. The minimum atomic E-state index is -0.0237. The first-order valence-electron chi connectivity index (χ1n) is 8.89. The Morgan fingerprint density at radius 3 is 2.78 bits per heavy atom. The molecule has 0 spiro atoms. The molecule has 1 aliphatic rings. The van der Waals surface area contributed by atoms with E-state index >= 15 is 0 Å². The summed E-state index contributed by atoms with van der Waals surface area (Å²) in [6, 6.07) is 22.7. The third-order valence-electron chi connectivity index (χ3n) is 4.53. The molecule has 1 heterocycles. The first kappa shape index (κ1) is 18.1. The molecule has 3 aromatic rings. The number of para-hydroxylation sites is 1. The molecule has 1 aliphatic heterocycles. The lowest BCUT2D eigenvalue weighted by molar-refractivity contribution is -0.119. The molecule has 1 unspecified atom stereocenters. The molecule has 0 bridgehead atoms. The molecule has 1 atom stereocenters. The van der Waals surface area contributed by atoms with Crippen LogP contribution in [0.2, 0.25) is 0 Å². The van der Waals surface area contributed by atoms with E-state index in [1.165, 1.54) is 28.1 Å². The molecule has 3 aromatic carbocycles. The van der Waals surface area contributed by atoms with Gasteiger partial charge in [0.05, 0.1) is 17.5 Å². The largest absolute Gasteiger partial charge is 0.349 e. The number of carbonyl (C=O) groups excluding carboxylic acids is 1. The minimum absolute atomic E-state index is 0.0237. The number of rotatable bonds is 4. The summed E-state index contributed by atoms with van der Waals surface area (Å²) >= 11 is 3.21. The number of hydrogen-bond donors (Lipinski definition) is 1. The topological polar surface area (TPSA) is 41.5 Å². The maximum Gasteiger partial charge on any atom is 0.230 e. The van der Waals surface area contributed by atoms with Gasteiger partial charge in [0.2, 0.25) is 5.91 Å². The zero-order chi connectivity index (χ0) is 18.6. The lowest BCUT2D eigenvalue weighted by Crippen LogP contribution is -2.28. The number of hydrogen-bond acceptors (Lipinski definition) is 4. The molecule has 0 radical (unpaired) electrons. The Labute approximate surface area is 167 Å². The summed E-state index contributed by atoms with van der Waals surface area (Å²) in [6.07, 6.45) is 0. The molecule has 0 saturated carbocycles. The molecule has 0 aliphatic carbocycles. The number of carbonyl (C=O) groups is 1. The van der Waals surface area contributed by atoms with E-state index in [4.69, 9.17) is 0 Å². The van der Waals surface area contributed by atoms with Crippen molar-refractivity contribution in [2.24, 2.45) is 4.99 Å². The first-order valence-corrected chi connectivity index (χ1v) is 10.9. The van der Waals surface area contributed by atoms with E-state index < -0.39 is 0 Å². The van der Waals surface area contributed by atoms with Gasteiger partial charge in [0.25, 0.3) is 0 Å². The molecule has 5 heteroatoms. The predicted molar refractivity (Wildman–Crippen MR) is 118 cm³/mol. The van der Waals surface area contributed by atoms with Gasteiger partial charge in [-0.05, 0) is 41.0 Å². The fraction of sp³-hybridized carbons (Fsp3) is 0.182. The predicted octanol–water partition coefficient (Wildman–Crippen LogP) is 5.68. The average molecular weight is 393 g/mol. The van der Waals surface area contributed by atoms with Crippen molar-refractivity contribution in [3.05, 3.63) is 77.9 Å². The van der Waals surface area contributed by atoms with Crippen LogP contribution in [-0.2, 0) is 10.5 Å². The minimum Gasteiger partial charge on any atom is -0.349 e. The number of aliphatic imine (C=N–C) groups is 1. The van der Waals surface area contributed by atoms with Crippen LogP contribution in [0.4, 0.5) is 5.69 Å². The van der Waals surface area contributed by atoms with Gasteiger partial charge in [0, 0.05) is 5.75 Å². The third-order valence-corrected chi connectivity index (χ3v) is 6.78. The van der Waals surface area contributed by atoms with Crippen molar-refractivity contribution >= 4 is 50.3 Å². The van der Waals surface area contributed by atoms with Crippen molar-refractivity contribution in [2.45, 2.75) is 18.7 Å². The first-order chi connectivity index (χ1) is 13.2.